The fourth-order valence-electron chi connectivity index (χ4n) is 2.17. The number of hydrogen-bond acceptors (Lipinski definition) is 3. The first-order valence-electron chi connectivity index (χ1n) is 6.60. The van der Waals surface area contributed by atoms with Gasteiger partial charge in [0.15, 0.2) is 0 Å². The number of nitrogen functional groups attached to an aromatic ring is 1. The molecule has 20 heavy (non-hydrogen) atoms. The normalized spacial score (nSPS) is 12.2. The Hall–Kier alpha value is -2.30. The van der Waals surface area contributed by atoms with E-state index in [-0.39, 0.29) is 11.9 Å². The maximum atomic E-state index is 12.3. The van der Waals surface area contributed by atoms with Gasteiger partial charge in [-0.25, -0.2) is 4.98 Å². The molecule has 0 saturated heterocycles. The van der Waals surface area contributed by atoms with Crippen LogP contribution in [0.25, 0.3) is 0 Å². The van der Waals surface area contributed by atoms with Crippen LogP contribution in [-0.2, 0) is 6.54 Å². The largest absolute Gasteiger partial charge is 0.398 e. The molecule has 0 saturated carbocycles. The van der Waals surface area contributed by atoms with E-state index < -0.39 is 0 Å². The molecule has 0 aliphatic carbocycles. The Balaban J connectivity index is 2.06. The zero-order valence-corrected chi connectivity index (χ0v) is 12.1. The Morgan fingerprint density at radius 3 is 2.80 bits per heavy atom. The molecule has 1 unspecified atom stereocenters. The van der Waals surface area contributed by atoms with Crippen molar-refractivity contribution in [1.82, 2.24) is 14.9 Å². The van der Waals surface area contributed by atoms with E-state index in [9.17, 15) is 4.79 Å². The molecule has 0 bridgehead atoms. The van der Waals surface area contributed by atoms with Crippen molar-refractivity contribution in [2.24, 2.45) is 0 Å². The first-order chi connectivity index (χ1) is 9.47. The molecule has 3 N–H and O–H groups in total. The van der Waals surface area contributed by atoms with Gasteiger partial charge in [0.1, 0.15) is 0 Å². The number of aryl methyl sites for hydroxylation is 2. The van der Waals surface area contributed by atoms with Gasteiger partial charge < -0.3 is 15.6 Å². The minimum absolute atomic E-state index is 0.0126. The van der Waals surface area contributed by atoms with E-state index in [0.717, 1.165) is 11.1 Å². The third-order valence-electron chi connectivity index (χ3n) is 3.28. The summed E-state index contributed by atoms with van der Waals surface area (Å²) in [4.78, 5) is 16.3. The molecule has 2 aromatic rings. The zero-order valence-electron chi connectivity index (χ0n) is 12.1. The summed E-state index contributed by atoms with van der Waals surface area (Å²) in [7, 11) is 0. The van der Waals surface area contributed by atoms with Crippen molar-refractivity contribution in [1.29, 1.82) is 0 Å². The second kappa shape index (κ2) is 5.77. The first kappa shape index (κ1) is 14.1. The van der Waals surface area contributed by atoms with Crippen LogP contribution in [0.4, 0.5) is 5.69 Å². The summed E-state index contributed by atoms with van der Waals surface area (Å²) in [5.41, 5.74) is 9.07. The lowest BCUT2D eigenvalue weighted by Crippen LogP contribution is -2.35. The van der Waals surface area contributed by atoms with Crippen LogP contribution in [0.1, 0.15) is 28.4 Å². The van der Waals surface area contributed by atoms with Crippen LogP contribution in [0.3, 0.4) is 0 Å². The fraction of sp³-hybridized carbons (Fsp3) is 0.333. The number of benzene rings is 1. The molecule has 1 amide bonds. The minimum Gasteiger partial charge on any atom is -0.398 e. The summed E-state index contributed by atoms with van der Waals surface area (Å²) in [6, 6.07) is 3.69. The number of nitrogens with zero attached hydrogens (tertiary/aromatic N) is 2. The third-order valence-corrected chi connectivity index (χ3v) is 3.28. The number of nitrogens with one attached hydrogen (secondary N) is 1. The molecule has 5 nitrogen and oxygen atoms in total. The van der Waals surface area contributed by atoms with Gasteiger partial charge in [-0.2, -0.15) is 0 Å². The van der Waals surface area contributed by atoms with Gasteiger partial charge in [0.2, 0.25) is 0 Å². The lowest BCUT2D eigenvalue weighted by Gasteiger charge is -2.16. The molecular weight excluding hydrogens is 252 g/mol. The molecule has 0 aliphatic heterocycles. The number of amides is 1. The number of rotatable bonds is 4. The van der Waals surface area contributed by atoms with Crippen molar-refractivity contribution in [3.05, 3.63) is 47.5 Å². The molecule has 0 aliphatic rings. The second-order valence-electron chi connectivity index (χ2n) is 5.16. The number of aromatic nitrogens is 2. The van der Waals surface area contributed by atoms with Crippen molar-refractivity contribution in [2.45, 2.75) is 33.4 Å². The van der Waals surface area contributed by atoms with Gasteiger partial charge in [0.25, 0.3) is 5.91 Å². The molecule has 1 aromatic carbocycles. The number of carbonyl (C=O) groups excluding carboxylic acids is 1. The SMILES string of the molecule is Cc1cc(C)c(C(=O)NC(C)Cn2ccnc2)cc1N. The number of imidazole rings is 1. The number of hydrogen-bond donors (Lipinski definition) is 2. The lowest BCUT2D eigenvalue weighted by molar-refractivity contribution is 0.0936. The van der Waals surface area contributed by atoms with Crippen LogP contribution in [0.15, 0.2) is 30.9 Å². The van der Waals surface area contributed by atoms with Gasteiger partial charge in [-0.05, 0) is 38.0 Å². The highest BCUT2D eigenvalue weighted by Gasteiger charge is 2.13. The van der Waals surface area contributed by atoms with Crippen molar-refractivity contribution >= 4 is 11.6 Å². The van der Waals surface area contributed by atoms with E-state index in [1.54, 1.807) is 18.6 Å². The van der Waals surface area contributed by atoms with E-state index in [2.05, 4.69) is 10.3 Å². The molecular formula is C15H20N4O. The summed E-state index contributed by atoms with van der Waals surface area (Å²) >= 11 is 0. The summed E-state index contributed by atoms with van der Waals surface area (Å²) in [5, 5.41) is 2.98. The fourth-order valence-corrected chi connectivity index (χ4v) is 2.17. The topological polar surface area (TPSA) is 72.9 Å². The van der Waals surface area contributed by atoms with Crippen LogP contribution in [0, 0.1) is 13.8 Å². The number of nitrogens with two attached hydrogens (primary N) is 1. The molecule has 2 rings (SSSR count). The Morgan fingerprint density at radius 1 is 1.40 bits per heavy atom. The van der Waals surface area contributed by atoms with E-state index in [1.165, 1.54) is 0 Å². The molecule has 1 heterocycles. The van der Waals surface area contributed by atoms with E-state index in [0.29, 0.717) is 17.8 Å². The summed E-state index contributed by atoms with van der Waals surface area (Å²) in [6.45, 7) is 6.50. The molecule has 1 aromatic heterocycles. The van der Waals surface area contributed by atoms with Crippen molar-refractivity contribution < 1.29 is 4.79 Å². The monoisotopic (exact) mass is 272 g/mol. The predicted molar refractivity (Wildman–Crippen MR) is 79.5 cm³/mol. The highest BCUT2D eigenvalue weighted by molar-refractivity contribution is 5.96. The molecule has 0 radical (unpaired) electrons. The van der Waals surface area contributed by atoms with Crippen LogP contribution in [0.2, 0.25) is 0 Å². The Labute approximate surface area is 118 Å². The van der Waals surface area contributed by atoms with Gasteiger partial charge in [-0.1, -0.05) is 6.07 Å². The standard InChI is InChI=1S/C15H20N4O/c1-10-6-11(2)14(16)7-13(10)15(20)18-12(3)8-19-5-4-17-9-19/h4-7,9,12H,8,16H2,1-3H3,(H,18,20). The summed E-state index contributed by atoms with van der Waals surface area (Å²) in [5.74, 6) is -0.0955. The van der Waals surface area contributed by atoms with Gasteiger partial charge in [0.05, 0.1) is 6.33 Å². The lowest BCUT2D eigenvalue weighted by atomic mass is 10.0. The zero-order chi connectivity index (χ0) is 14.7. The molecule has 5 heteroatoms. The number of anilines is 1. The maximum Gasteiger partial charge on any atom is 0.251 e. The molecule has 1 atom stereocenters. The quantitative estimate of drug-likeness (QED) is 0.835. The van der Waals surface area contributed by atoms with E-state index in [4.69, 9.17) is 5.73 Å². The second-order valence-corrected chi connectivity index (χ2v) is 5.16. The molecule has 0 spiro atoms. The van der Waals surface area contributed by atoms with Gasteiger partial charge in [-0.15, -0.1) is 0 Å². The third kappa shape index (κ3) is 3.17. The van der Waals surface area contributed by atoms with Crippen molar-refractivity contribution in [3.8, 4) is 0 Å². The minimum atomic E-state index is -0.0955. The van der Waals surface area contributed by atoms with Gasteiger partial charge in [0, 0.05) is 36.2 Å². The van der Waals surface area contributed by atoms with Crippen molar-refractivity contribution in [3.63, 3.8) is 0 Å². The van der Waals surface area contributed by atoms with Crippen LogP contribution in [-0.4, -0.2) is 21.5 Å². The van der Waals surface area contributed by atoms with Gasteiger partial charge in [-0.3, -0.25) is 4.79 Å². The Morgan fingerprint density at radius 2 is 2.15 bits per heavy atom. The van der Waals surface area contributed by atoms with E-state index in [1.807, 2.05) is 37.6 Å². The molecule has 0 fully saturated rings. The number of carbonyl (C=O) groups is 1. The average molecular weight is 272 g/mol. The molecule has 106 valence electrons. The highest BCUT2D eigenvalue weighted by Crippen LogP contribution is 2.17. The Bertz CT molecular complexity index is 605. The summed E-state index contributed by atoms with van der Waals surface area (Å²) in [6.07, 6.45) is 5.33. The predicted octanol–water partition coefficient (Wildman–Crippen LogP) is 1.90. The average Bonchev–Trinajstić information content (AvgIpc) is 2.86. The smallest absolute Gasteiger partial charge is 0.251 e. The van der Waals surface area contributed by atoms with E-state index >= 15 is 0 Å². The Kier molecular flexibility index (Phi) is 4.08. The van der Waals surface area contributed by atoms with Gasteiger partial charge >= 0.3 is 0 Å². The van der Waals surface area contributed by atoms with Crippen LogP contribution >= 0.6 is 0 Å². The van der Waals surface area contributed by atoms with Crippen LogP contribution in [0.5, 0.6) is 0 Å². The summed E-state index contributed by atoms with van der Waals surface area (Å²) < 4.78 is 1.93. The first-order valence-corrected chi connectivity index (χ1v) is 6.60. The highest BCUT2D eigenvalue weighted by atomic mass is 16.1. The maximum absolute atomic E-state index is 12.3. The van der Waals surface area contributed by atoms with Crippen molar-refractivity contribution in [2.75, 3.05) is 5.73 Å². The van der Waals surface area contributed by atoms with Crippen LogP contribution < -0.4 is 11.1 Å².